The molecular weight excluding hydrogens is 286 g/mol. The van der Waals surface area contributed by atoms with Gasteiger partial charge in [-0.25, -0.2) is 0 Å². The maximum absolute atomic E-state index is 6.21. The van der Waals surface area contributed by atoms with E-state index in [1.807, 2.05) is 24.3 Å². The third kappa shape index (κ3) is 3.63. The molecule has 0 bridgehead atoms. The van der Waals surface area contributed by atoms with E-state index in [1.54, 1.807) is 0 Å². The molecule has 0 spiro atoms. The molecule has 1 atom stereocenters. The van der Waals surface area contributed by atoms with Gasteiger partial charge < -0.3 is 10.3 Å². The average molecular weight is 308 g/mol. The molecule has 0 amide bonds. The summed E-state index contributed by atoms with van der Waals surface area (Å²) in [6.07, 6.45) is 6.18. The van der Waals surface area contributed by atoms with Crippen molar-refractivity contribution in [1.29, 1.82) is 0 Å². The number of aryl methyl sites for hydroxylation is 1. The monoisotopic (exact) mass is 307 g/mol. The van der Waals surface area contributed by atoms with Crippen LogP contribution in [0.5, 0.6) is 0 Å². The predicted molar refractivity (Wildman–Crippen MR) is 84.6 cm³/mol. The van der Waals surface area contributed by atoms with Crippen molar-refractivity contribution in [2.75, 3.05) is 0 Å². The Balaban J connectivity index is 0.00000161. The fraction of sp³-hybridized carbons (Fsp3) is 0.500. The minimum absolute atomic E-state index is 0. The highest BCUT2D eigenvalue weighted by Crippen LogP contribution is 2.31. The predicted octanol–water partition coefficient (Wildman–Crippen LogP) is 3.90. The first kappa shape index (κ1) is 16.0. The Morgan fingerprint density at radius 1 is 1.14 bits per heavy atom. The number of nitrogens with two attached hydrogens (primary N) is 1. The van der Waals surface area contributed by atoms with Gasteiger partial charge in [-0.05, 0) is 25.3 Å². The molecule has 21 heavy (non-hydrogen) atoms. The van der Waals surface area contributed by atoms with Crippen LogP contribution in [-0.4, -0.2) is 10.1 Å². The van der Waals surface area contributed by atoms with Gasteiger partial charge in [-0.15, -0.1) is 12.4 Å². The molecule has 0 radical (unpaired) electrons. The Morgan fingerprint density at radius 3 is 2.48 bits per heavy atom. The summed E-state index contributed by atoms with van der Waals surface area (Å²) in [7, 11) is 0. The molecule has 1 fully saturated rings. The van der Waals surface area contributed by atoms with E-state index in [4.69, 9.17) is 10.3 Å². The van der Waals surface area contributed by atoms with Gasteiger partial charge in [-0.3, -0.25) is 0 Å². The van der Waals surface area contributed by atoms with E-state index in [0.29, 0.717) is 11.8 Å². The van der Waals surface area contributed by atoms with Crippen LogP contribution in [0.1, 0.15) is 66.9 Å². The molecule has 1 unspecified atom stereocenters. The number of benzene rings is 1. The molecule has 1 aromatic carbocycles. The zero-order valence-corrected chi connectivity index (χ0v) is 13.1. The van der Waals surface area contributed by atoms with Gasteiger partial charge in [0.05, 0.1) is 0 Å². The number of aromatic nitrogens is 2. The van der Waals surface area contributed by atoms with Crippen LogP contribution in [0.4, 0.5) is 0 Å². The summed E-state index contributed by atoms with van der Waals surface area (Å²) in [6.45, 7) is 2.06. The summed E-state index contributed by atoms with van der Waals surface area (Å²) in [5.74, 6) is 1.81. The van der Waals surface area contributed by atoms with Gasteiger partial charge in [-0.1, -0.05) is 54.2 Å². The van der Waals surface area contributed by atoms with E-state index in [2.05, 4.69) is 17.1 Å². The standard InChI is InChI=1S/C16H21N3O.ClH/c1-11-7-9-12(10-8-11)14(17)16-18-15(19-20-16)13-5-3-2-4-6-13;/h7-10,13-14H,2-6,17H2,1H3;1H. The molecule has 1 aliphatic rings. The summed E-state index contributed by atoms with van der Waals surface area (Å²) in [6, 6.07) is 7.80. The van der Waals surface area contributed by atoms with E-state index in [-0.39, 0.29) is 18.4 Å². The lowest BCUT2D eigenvalue weighted by Crippen LogP contribution is -2.13. The Hall–Kier alpha value is -1.39. The molecule has 2 N–H and O–H groups in total. The van der Waals surface area contributed by atoms with Gasteiger partial charge in [0.15, 0.2) is 5.82 Å². The molecular formula is C16H22ClN3O. The molecule has 1 aliphatic carbocycles. The third-order valence-electron chi connectivity index (χ3n) is 4.13. The molecule has 5 heteroatoms. The molecule has 114 valence electrons. The lowest BCUT2D eigenvalue weighted by Gasteiger charge is -2.17. The number of rotatable bonds is 3. The smallest absolute Gasteiger partial charge is 0.248 e. The number of halogens is 1. The van der Waals surface area contributed by atoms with Crippen molar-refractivity contribution < 1.29 is 4.52 Å². The Labute approximate surface area is 131 Å². The lowest BCUT2D eigenvalue weighted by atomic mass is 9.89. The summed E-state index contributed by atoms with van der Waals surface area (Å²) in [4.78, 5) is 4.53. The number of nitrogens with zero attached hydrogens (tertiary/aromatic N) is 2. The third-order valence-corrected chi connectivity index (χ3v) is 4.13. The normalized spacial score (nSPS) is 17.2. The zero-order chi connectivity index (χ0) is 13.9. The second-order valence-corrected chi connectivity index (χ2v) is 5.71. The van der Waals surface area contributed by atoms with Gasteiger partial charge in [0.1, 0.15) is 6.04 Å². The maximum Gasteiger partial charge on any atom is 0.248 e. The first-order chi connectivity index (χ1) is 9.74. The van der Waals surface area contributed by atoms with Crippen molar-refractivity contribution in [3.63, 3.8) is 0 Å². The summed E-state index contributed by atoms with van der Waals surface area (Å²) in [5.41, 5.74) is 8.44. The van der Waals surface area contributed by atoms with Crippen molar-refractivity contribution in [2.24, 2.45) is 5.73 Å². The second kappa shape index (κ2) is 7.05. The maximum atomic E-state index is 6.21. The topological polar surface area (TPSA) is 64.9 Å². The molecule has 3 rings (SSSR count). The SMILES string of the molecule is Cc1ccc(C(N)c2nc(C3CCCCC3)no2)cc1.Cl. The van der Waals surface area contributed by atoms with Crippen molar-refractivity contribution in [1.82, 2.24) is 10.1 Å². The molecule has 0 saturated heterocycles. The zero-order valence-electron chi connectivity index (χ0n) is 12.3. The largest absolute Gasteiger partial charge is 0.337 e. The number of hydrogen-bond acceptors (Lipinski definition) is 4. The summed E-state index contributed by atoms with van der Waals surface area (Å²) < 4.78 is 5.38. The quantitative estimate of drug-likeness (QED) is 0.934. The molecule has 1 saturated carbocycles. The minimum atomic E-state index is -0.333. The number of hydrogen-bond donors (Lipinski definition) is 1. The molecule has 0 aliphatic heterocycles. The summed E-state index contributed by atoms with van der Waals surface area (Å²) >= 11 is 0. The van der Waals surface area contributed by atoms with E-state index < -0.39 is 0 Å². The molecule has 1 aromatic heterocycles. The summed E-state index contributed by atoms with van der Waals surface area (Å²) in [5, 5.41) is 4.14. The van der Waals surface area contributed by atoms with Crippen molar-refractivity contribution >= 4 is 12.4 Å². The van der Waals surface area contributed by atoms with Gasteiger partial charge in [-0.2, -0.15) is 4.98 Å². The van der Waals surface area contributed by atoms with Gasteiger partial charge >= 0.3 is 0 Å². The minimum Gasteiger partial charge on any atom is -0.337 e. The van der Waals surface area contributed by atoms with Crippen molar-refractivity contribution in [2.45, 2.75) is 51.0 Å². The van der Waals surface area contributed by atoms with Crippen molar-refractivity contribution in [3.8, 4) is 0 Å². The van der Waals surface area contributed by atoms with Crippen LogP contribution < -0.4 is 5.73 Å². The first-order valence-corrected chi connectivity index (χ1v) is 7.39. The van der Waals surface area contributed by atoms with Crippen LogP contribution in [0.25, 0.3) is 0 Å². The molecule has 4 nitrogen and oxygen atoms in total. The fourth-order valence-electron chi connectivity index (χ4n) is 2.82. The van der Waals surface area contributed by atoms with Gasteiger partial charge in [0.25, 0.3) is 0 Å². The molecule has 2 aromatic rings. The van der Waals surface area contributed by atoms with E-state index >= 15 is 0 Å². The van der Waals surface area contributed by atoms with Crippen molar-refractivity contribution in [3.05, 3.63) is 47.1 Å². The first-order valence-electron chi connectivity index (χ1n) is 7.39. The van der Waals surface area contributed by atoms with Crippen LogP contribution in [0.15, 0.2) is 28.8 Å². The Bertz CT molecular complexity index is 561. The highest BCUT2D eigenvalue weighted by atomic mass is 35.5. The van der Waals surface area contributed by atoms with Gasteiger partial charge in [0.2, 0.25) is 5.89 Å². The van der Waals surface area contributed by atoms with Crippen LogP contribution in [-0.2, 0) is 0 Å². The van der Waals surface area contributed by atoms with Crippen LogP contribution in [0.2, 0.25) is 0 Å². The lowest BCUT2D eigenvalue weighted by molar-refractivity contribution is 0.350. The highest BCUT2D eigenvalue weighted by molar-refractivity contribution is 5.85. The Morgan fingerprint density at radius 2 is 1.81 bits per heavy atom. The van der Waals surface area contributed by atoms with Crippen LogP contribution in [0.3, 0.4) is 0 Å². The van der Waals surface area contributed by atoms with Gasteiger partial charge in [0, 0.05) is 5.92 Å². The van der Waals surface area contributed by atoms with E-state index in [0.717, 1.165) is 11.4 Å². The fourth-order valence-corrected chi connectivity index (χ4v) is 2.82. The van der Waals surface area contributed by atoms with Crippen LogP contribution in [0, 0.1) is 6.92 Å². The highest BCUT2D eigenvalue weighted by Gasteiger charge is 2.23. The Kier molecular flexibility index (Phi) is 5.37. The molecule has 1 heterocycles. The van der Waals surface area contributed by atoms with E-state index in [9.17, 15) is 0 Å². The second-order valence-electron chi connectivity index (χ2n) is 5.71. The van der Waals surface area contributed by atoms with Crippen LogP contribution >= 0.6 is 12.4 Å². The van der Waals surface area contributed by atoms with E-state index in [1.165, 1.54) is 37.7 Å². The average Bonchev–Trinajstić information content (AvgIpc) is 2.98.